The summed E-state index contributed by atoms with van der Waals surface area (Å²) in [6, 6.07) is 27.2. The van der Waals surface area contributed by atoms with E-state index in [1.165, 1.54) is 0 Å². The first-order valence-corrected chi connectivity index (χ1v) is 11.5. The minimum Gasteiger partial charge on any atom is -0.389 e. The number of aliphatic hydroxyl groups excluding tert-OH is 1. The van der Waals surface area contributed by atoms with Gasteiger partial charge in [0.2, 0.25) is 11.8 Å². The fourth-order valence-corrected chi connectivity index (χ4v) is 3.95. The van der Waals surface area contributed by atoms with E-state index < -0.39 is 23.8 Å². The third-order valence-electron chi connectivity index (χ3n) is 5.79. The first kappa shape index (κ1) is 24.9. The van der Waals surface area contributed by atoms with Crippen LogP contribution < -0.4 is 10.6 Å². The fourth-order valence-electron chi connectivity index (χ4n) is 3.95. The maximum atomic E-state index is 13.8. The van der Waals surface area contributed by atoms with Crippen molar-refractivity contribution in [1.82, 2.24) is 0 Å². The quantitative estimate of drug-likeness (QED) is 0.270. The van der Waals surface area contributed by atoms with Crippen molar-refractivity contribution in [2.45, 2.75) is 37.5 Å². The van der Waals surface area contributed by atoms with Crippen LogP contribution in [0.1, 0.15) is 37.7 Å². The van der Waals surface area contributed by atoms with Crippen LogP contribution in [0, 0.1) is 0 Å². The van der Waals surface area contributed by atoms with Crippen LogP contribution in [0.25, 0.3) is 0 Å². The largest absolute Gasteiger partial charge is 0.389 e. The van der Waals surface area contributed by atoms with Crippen LogP contribution in [-0.4, -0.2) is 29.3 Å². The molecule has 0 saturated carbocycles. The molecular formula is C28H30N2O4. The average molecular weight is 459 g/mol. The van der Waals surface area contributed by atoms with E-state index in [1.54, 1.807) is 36.4 Å². The molecule has 3 rings (SSSR count). The Hall–Kier alpha value is -3.77. The zero-order valence-corrected chi connectivity index (χ0v) is 19.1. The van der Waals surface area contributed by atoms with Gasteiger partial charge in [-0.25, -0.2) is 0 Å². The number of hydrogen-bond donors (Lipinski definition) is 3. The number of anilines is 2. The minimum atomic E-state index is -1.48. The van der Waals surface area contributed by atoms with E-state index in [0.29, 0.717) is 36.2 Å². The smallest absolute Gasteiger partial charge is 0.244 e. The fraction of sp³-hybridized carbons (Fsp3) is 0.250. The Morgan fingerprint density at radius 1 is 0.647 bits per heavy atom. The van der Waals surface area contributed by atoms with Gasteiger partial charge in [-0.2, -0.15) is 0 Å². The highest BCUT2D eigenvalue weighted by Gasteiger charge is 2.47. The minimum absolute atomic E-state index is 0.210. The molecule has 0 atom stereocenters. The number of Topliss-reactive ketones (excluding diaryl/α,β-unsaturated/α-hetero) is 1. The molecule has 0 aromatic heterocycles. The van der Waals surface area contributed by atoms with Crippen molar-refractivity contribution < 1.29 is 19.5 Å². The summed E-state index contributed by atoms with van der Waals surface area (Å²) >= 11 is 0. The van der Waals surface area contributed by atoms with E-state index in [4.69, 9.17) is 5.11 Å². The summed E-state index contributed by atoms with van der Waals surface area (Å²) in [7, 11) is 0. The van der Waals surface area contributed by atoms with Crippen molar-refractivity contribution in [3.05, 3.63) is 96.6 Å². The maximum absolute atomic E-state index is 13.8. The molecule has 0 fully saturated rings. The molecule has 0 aliphatic heterocycles. The normalized spacial score (nSPS) is 11.0. The molecule has 3 aromatic carbocycles. The summed E-state index contributed by atoms with van der Waals surface area (Å²) in [6.07, 6.45) is 2.34. The molecule has 176 valence electrons. The monoisotopic (exact) mass is 458 g/mol. The van der Waals surface area contributed by atoms with Gasteiger partial charge >= 0.3 is 0 Å². The maximum Gasteiger partial charge on any atom is 0.244 e. The number of carbonyl (C=O) groups is 3. The van der Waals surface area contributed by atoms with Crippen molar-refractivity contribution >= 4 is 29.0 Å². The van der Waals surface area contributed by atoms with E-state index in [1.807, 2.05) is 54.6 Å². The standard InChI is InChI=1S/C28H30N2O4/c31-21-25(32)19-11-4-12-20-28(22-13-5-1-6-14-22,26(33)29-23-15-7-2-8-16-23)27(34)30-24-17-9-3-10-18-24/h1-3,5-10,13-18,31H,4,11-12,19-21H2,(H,29,33)(H,30,34). The average Bonchev–Trinajstić information content (AvgIpc) is 2.87. The second kappa shape index (κ2) is 12.5. The summed E-state index contributed by atoms with van der Waals surface area (Å²) in [5.41, 5.74) is 0.333. The van der Waals surface area contributed by atoms with Crippen molar-refractivity contribution in [2.24, 2.45) is 0 Å². The van der Waals surface area contributed by atoms with Crippen LogP contribution >= 0.6 is 0 Å². The molecule has 6 nitrogen and oxygen atoms in total. The van der Waals surface area contributed by atoms with Crippen molar-refractivity contribution in [3.63, 3.8) is 0 Å². The van der Waals surface area contributed by atoms with Crippen molar-refractivity contribution in [3.8, 4) is 0 Å². The van der Waals surface area contributed by atoms with Crippen LogP contribution in [-0.2, 0) is 19.8 Å². The molecule has 2 amide bonds. The van der Waals surface area contributed by atoms with E-state index in [-0.39, 0.29) is 18.6 Å². The Bertz CT molecular complexity index is 1020. The first-order chi connectivity index (χ1) is 16.6. The van der Waals surface area contributed by atoms with Crippen molar-refractivity contribution in [1.29, 1.82) is 0 Å². The van der Waals surface area contributed by atoms with Gasteiger partial charge < -0.3 is 15.7 Å². The molecule has 0 aliphatic rings. The Balaban J connectivity index is 1.93. The number of benzene rings is 3. The molecule has 0 aliphatic carbocycles. The molecule has 3 N–H and O–H groups in total. The van der Waals surface area contributed by atoms with Crippen LogP contribution in [0.5, 0.6) is 0 Å². The molecule has 0 spiro atoms. The molecule has 0 unspecified atom stereocenters. The highest BCUT2D eigenvalue weighted by Crippen LogP contribution is 2.34. The summed E-state index contributed by atoms with van der Waals surface area (Å²) < 4.78 is 0. The number of ketones is 1. The molecular weight excluding hydrogens is 428 g/mol. The predicted octanol–water partition coefficient (Wildman–Crippen LogP) is 4.71. The molecule has 0 bridgehead atoms. The third-order valence-corrected chi connectivity index (χ3v) is 5.79. The van der Waals surface area contributed by atoms with Crippen molar-refractivity contribution in [2.75, 3.05) is 17.2 Å². The van der Waals surface area contributed by atoms with Gasteiger partial charge in [0, 0.05) is 17.8 Å². The lowest BCUT2D eigenvalue weighted by Crippen LogP contribution is -2.50. The summed E-state index contributed by atoms with van der Waals surface area (Å²) in [6.45, 7) is -0.465. The Labute approximate surface area is 200 Å². The van der Waals surface area contributed by atoms with Gasteiger partial charge in [-0.05, 0) is 42.7 Å². The number of aliphatic hydroxyl groups is 1. The zero-order chi connectivity index (χ0) is 24.2. The number of rotatable bonds is 12. The lowest BCUT2D eigenvalue weighted by atomic mass is 9.74. The van der Waals surface area contributed by atoms with Gasteiger partial charge in [0.15, 0.2) is 11.2 Å². The van der Waals surface area contributed by atoms with Gasteiger partial charge in [-0.1, -0.05) is 79.6 Å². The predicted molar refractivity (Wildman–Crippen MR) is 133 cm³/mol. The summed E-state index contributed by atoms with van der Waals surface area (Å²) in [5.74, 6) is -1.03. The highest BCUT2D eigenvalue weighted by atomic mass is 16.3. The molecule has 34 heavy (non-hydrogen) atoms. The summed E-state index contributed by atoms with van der Waals surface area (Å²) in [5, 5.41) is 14.8. The highest BCUT2D eigenvalue weighted by molar-refractivity contribution is 6.19. The van der Waals surface area contributed by atoms with E-state index in [2.05, 4.69) is 10.6 Å². The third kappa shape index (κ3) is 6.39. The van der Waals surface area contributed by atoms with E-state index in [9.17, 15) is 14.4 Å². The van der Waals surface area contributed by atoms with Crippen LogP contribution in [0.4, 0.5) is 11.4 Å². The molecule has 3 aromatic rings. The van der Waals surface area contributed by atoms with Gasteiger partial charge in [-0.3, -0.25) is 14.4 Å². The zero-order valence-electron chi connectivity index (χ0n) is 19.1. The lowest BCUT2D eigenvalue weighted by Gasteiger charge is -2.32. The van der Waals surface area contributed by atoms with Gasteiger partial charge in [0.05, 0.1) is 0 Å². The van der Waals surface area contributed by atoms with Gasteiger partial charge in [-0.15, -0.1) is 0 Å². The number of nitrogens with one attached hydrogen (secondary N) is 2. The SMILES string of the molecule is O=C(CO)CCCCCC(C(=O)Nc1ccccc1)(C(=O)Nc1ccccc1)c1ccccc1. The topological polar surface area (TPSA) is 95.5 Å². The molecule has 6 heteroatoms. The first-order valence-electron chi connectivity index (χ1n) is 11.5. The molecule has 0 saturated heterocycles. The van der Waals surface area contributed by atoms with Gasteiger partial charge in [0.1, 0.15) is 6.61 Å². The Kier molecular flexibility index (Phi) is 9.12. The number of hydrogen-bond acceptors (Lipinski definition) is 4. The van der Waals surface area contributed by atoms with Crippen LogP contribution in [0.2, 0.25) is 0 Å². The summed E-state index contributed by atoms with van der Waals surface area (Å²) in [4.78, 5) is 39.1. The molecule has 0 heterocycles. The molecule has 0 radical (unpaired) electrons. The Morgan fingerprint density at radius 3 is 1.59 bits per heavy atom. The lowest BCUT2D eigenvalue weighted by molar-refractivity contribution is -0.132. The number of amides is 2. The van der Waals surface area contributed by atoms with Crippen LogP contribution in [0.3, 0.4) is 0 Å². The Morgan fingerprint density at radius 2 is 1.12 bits per heavy atom. The number of para-hydroxylation sites is 2. The van der Waals surface area contributed by atoms with E-state index in [0.717, 1.165) is 0 Å². The number of unbranched alkanes of at least 4 members (excludes halogenated alkanes) is 2. The number of carbonyl (C=O) groups excluding carboxylic acids is 3. The van der Waals surface area contributed by atoms with E-state index >= 15 is 0 Å². The second-order valence-corrected chi connectivity index (χ2v) is 8.17. The van der Waals surface area contributed by atoms with Gasteiger partial charge in [0.25, 0.3) is 0 Å². The second-order valence-electron chi connectivity index (χ2n) is 8.17. The van der Waals surface area contributed by atoms with Crippen LogP contribution in [0.15, 0.2) is 91.0 Å².